The number of hydrazone groups is 1. The second kappa shape index (κ2) is 6.80. The van der Waals surface area contributed by atoms with Crippen LogP contribution >= 0.6 is 22.9 Å². The van der Waals surface area contributed by atoms with Crippen LogP contribution in [0.5, 0.6) is 0 Å². The third kappa shape index (κ3) is 2.85. The minimum absolute atomic E-state index is 0.0147. The molecule has 2 atom stereocenters. The topological polar surface area (TPSA) is 48.7 Å². The van der Waals surface area contributed by atoms with Gasteiger partial charge in [0.2, 0.25) is 5.13 Å². The van der Waals surface area contributed by atoms with Crippen molar-refractivity contribution in [1.29, 1.82) is 0 Å². The highest BCUT2D eigenvalue weighted by atomic mass is 35.5. The van der Waals surface area contributed by atoms with Crippen LogP contribution in [0.3, 0.4) is 0 Å². The van der Waals surface area contributed by atoms with E-state index in [-0.39, 0.29) is 17.3 Å². The van der Waals surface area contributed by atoms with E-state index in [2.05, 4.69) is 10.1 Å². The predicted octanol–water partition coefficient (Wildman–Crippen LogP) is 5.50. The van der Waals surface area contributed by atoms with E-state index in [4.69, 9.17) is 11.6 Å². The largest absolute Gasteiger partial charge is 0.439 e. The second-order valence-electron chi connectivity index (χ2n) is 7.29. The molecule has 1 aromatic heterocycles. The fourth-order valence-electron chi connectivity index (χ4n) is 4.08. The van der Waals surface area contributed by atoms with Gasteiger partial charge in [0.1, 0.15) is 0 Å². The smallest absolute Gasteiger partial charge is 0.362 e. The third-order valence-corrected chi connectivity index (χ3v) is 6.64. The van der Waals surface area contributed by atoms with Crippen molar-refractivity contribution < 1.29 is 18.3 Å². The molecule has 0 amide bonds. The van der Waals surface area contributed by atoms with Crippen LogP contribution in [0.2, 0.25) is 5.02 Å². The van der Waals surface area contributed by atoms with E-state index < -0.39 is 17.8 Å². The Morgan fingerprint density at radius 1 is 1.13 bits per heavy atom. The minimum atomic E-state index is -4.92. The molecule has 154 valence electrons. The van der Waals surface area contributed by atoms with Crippen molar-refractivity contribution in [2.45, 2.75) is 24.7 Å². The number of hydrogen-bond acceptors (Lipinski definition) is 5. The molecular formula is C21H15ClF3N3OS. The summed E-state index contributed by atoms with van der Waals surface area (Å²) in [6.07, 6.45) is -4.32. The molecule has 0 unspecified atom stereocenters. The van der Waals surface area contributed by atoms with Crippen LogP contribution in [0, 0.1) is 5.92 Å². The zero-order valence-corrected chi connectivity index (χ0v) is 17.0. The van der Waals surface area contributed by atoms with Crippen molar-refractivity contribution in [3.05, 3.63) is 70.1 Å². The first kappa shape index (κ1) is 19.5. The fourth-order valence-corrected chi connectivity index (χ4v) is 5.04. The first-order valence-electron chi connectivity index (χ1n) is 9.26. The molecule has 2 aliphatic rings. The summed E-state index contributed by atoms with van der Waals surface area (Å²) in [6, 6.07) is 14.1. The van der Waals surface area contributed by atoms with Crippen molar-refractivity contribution in [1.82, 2.24) is 4.98 Å². The van der Waals surface area contributed by atoms with Crippen LogP contribution in [0.4, 0.5) is 18.3 Å². The summed E-state index contributed by atoms with van der Waals surface area (Å²) < 4.78 is 42.6. The number of anilines is 1. The highest BCUT2D eigenvalue weighted by Gasteiger charge is 2.68. The summed E-state index contributed by atoms with van der Waals surface area (Å²) in [5, 5.41) is 18.1. The van der Waals surface area contributed by atoms with Crippen LogP contribution in [-0.4, -0.2) is 27.7 Å². The Morgan fingerprint density at radius 3 is 2.60 bits per heavy atom. The monoisotopic (exact) mass is 449 g/mol. The highest BCUT2D eigenvalue weighted by Crippen LogP contribution is 2.51. The molecular weight excluding hydrogens is 435 g/mol. The summed E-state index contributed by atoms with van der Waals surface area (Å²) in [5.74, 6) is -1.18. The zero-order chi connectivity index (χ0) is 21.1. The molecule has 4 nitrogen and oxygen atoms in total. The zero-order valence-electron chi connectivity index (χ0n) is 15.4. The lowest BCUT2D eigenvalue weighted by Gasteiger charge is -2.38. The standard InChI is InChI=1S/C21H15ClF3N3OS/c22-14-8-5-13(6-9-14)17-11-30-19(26-17)28-20(29,21(23,24)25)16-10-7-12-3-1-2-4-15(12)18(16)27-28/h1-6,8-9,11,16,29H,7,10H2/t16-,20-/m1/s1. The van der Waals surface area contributed by atoms with E-state index in [1.165, 1.54) is 0 Å². The summed E-state index contributed by atoms with van der Waals surface area (Å²) in [4.78, 5) is 4.35. The Balaban J connectivity index is 1.61. The maximum Gasteiger partial charge on any atom is 0.439 e. The quantitative estimate of drug-likeness (QED) is 0.562. The number of aromatic nitrogens is 1. The third-order valence-electron chi connectivity index (χ3n) is 5.57. The molecule has 3 aromatic rings. The number of nitrogens with zero attached hydrogens (tertiary/aromatic N) is 3. The number of alkyl halides is 3. The molecule has 2 heterocycles. The highest BCUT2D eigenvalue weighted by molar-refractivity contribution is 7.14. The van der Waals surface area contributed by atoms with Gasteiger partial charge in [0, 0.05) is 21.5 Å². The Labute approximate surface area is 179 Å². The Hall–Kier alpha value is -2.42. The lowest BCUT2D eigenvalue weighted by molar-refractivity contribution is -0.268. The van der Waals surface area contributed by atoms with Crippen LogP contribution in [0.15, 0.2) is 59.0 Å². The normalized spacial score (nSPS) is 23.2. The predicted molar refractivity (Wildman–Crippen MR) is 111 cm³/mol. The van der Waals surface area contributed by atoms with Gasteiger partial charge in [-0.05, 0) is 30.5 Å². The van der Waals surface area contributed by atoms with Gasteiger partial charge in [0.15, 0.2) is 0 Å². The van der Waals surface area contributed by atoms with Gasteiger partial charge in [-0.2, -0.15) is 23.3 Å². The minimum Gasteiger partial charge on any atom is -0.362 e. The molecule has 1 aliphatic carbocycles. The summed E-state index contributed by atoms with van der Waals surface area (Å²) in [6.45, 7) is 0. The van der Waals surface area contributed by atoms with Crippen molar-refractivity contribution in [3.8, 4) is 11.3 Å². The summed E-state index contributed by atoms with van der Waals surface area (Å²) >= 11 is 6.91. The van der Waals surface area contributed by atoms with E-state index in [0.717, 1.165) is 16.9 Å². The molecule has 5 rings (SSSR count). The van der Waals surface area contributed by atoms with Gasteiger partial charge >= 0.3 is 6.18 Å². The second-order valence-corrected chi connectivity index (χ2v) is 8.56. The number of fused-ring (bicyclic) bond motifs is 3. The molecule has 0 saturated heterocycles. The summed E-state index contributed by atoms with van der Waals surface area (Å²) in [7, 11) is 0. The van der Waals surface area contributed by atoms with Crippen LogP contribution < -0.4 is 5.01 Å². The van der Waals surface area contributed by atoms with E-state index in [1.54, 1.807) is 41.8 Å². The Morgan fingerprint density at radius 2 is 1.87 bits per heavy atom. The lowest BCUT2D eigenvalue weighted by atomic mass is 9.77. The molecule has 30 heavy (non-hydrogen) atoms. The fraction of sp³-hybridized carbons (Fsp3) is 0.238. The number of aryl methyl sites for hydroxylation is 1. The van der Waals surface area contributed by atoms with E-state index in [1.807, 2.05) is 12.1 Å². The van der Waals surface area contributed by atoms with Crippen LogP contribution in [0.1, 0.15) is 17.5 Å². The van der Waals surface area contributed by atoms with Gasteiger partial charge < -0.3 is 5.11 Å². The number of aliphatic hydroxyl groups is 1. The van der Waals surface area contributed by atoms with Gasteiger partial charge in [0.05, 0.1) is 17.3 Å². The van der Waals surface area contributed by atoms with E-state index >= 15 is 0 Å². The number of benzene rings is 2. The molecule has 1 N–H and O–H groups in total. The van der Waals surface area contributed by atoms with Crippen molar-refractivity contribution in [2.75, 3.05) is 5.01 Å². The number of rotatable bonds is 2. The van der Waals surface area contributed by atoms with Crippen molar-refractivity contribution in [3.63, 3.8) is 0 Å². The van der Waals surface area contributed by atoms with E-state index in [0.29, 0.717) is 33.3 Å². The summed E-state index contributed by atoms with van der Waals surface area (Å²) in [5.41, 5.74) is -0.114. The van der Waals surface area contributed by atoms with E-state index in [9.17, 15) is 18.3 Å². The average Bonchev–Trinajstić information content (AvgIpc) is 3.32. The van der Waals surface area contributed by atoms with Crippen LogP contribution in [-0.2, 0) is 6.42 Å². The maximum absolute atomic E-state index is 14.2. The number of halogens is 4. The first-order chi connectivity index (χ1) is 14.3. The van der Waals surface area contributed by atoms with Gasteiger partial charge in [-0.3, -0.25) is 0 Å². The van der Waals surface area contributed by atoms with Gasteiger partial charge in [-0.25, -0.2) is 4.98 Å². The van der Waals surface area contributed by atoms with Crippen molar-refractivity contribution in [2.24, 2.45) is 11.0 Å². The maximum atomic E-state index is 14.2. The Bertz CT molecular complexity index is 1140. The molecule has 9 heteroatoms. The van der Waals surface area contributed by atoms with Gasteiger partial charge in [-0.1, -0.05) is 48.0 Å². The Kier molecular flexibility index (Phi) is 4.43. The lowest BCUT2D eigenvalue weighted by Crippen LogP contribution is -2.60. The first-order valence-corrected chi connectivity index (χ1v) is 10.5. The number of thiazole rings is 1. The van der Waals surface area contributed by atoms with Gasteiger partial charge in [0.25, 0.3) is 5.72 Å². The molecule has 0 radical (unpaired) electrons. The molecule has 2 aromatic carbocycles. The number of hydrogen-bond donors (Lipinski definition) is 1. The van der Waals surface area contributed by atoms with Crippen LogP contribution in [0.25, 0.3) is 11.3 Å². The molecule has 1 aliphatic heterocycles. The molecule has 0 fully saturated rings. The molecule has 0 spiro atoms. The van der Waals surface area contributed by atoms with Gasteiger partial charge in [-0.15, -0.1) is 11.3 Å². The average molecular weight is 450 g/mol. The SMILES string of the molecule is O[C@@]1(C(F)(F)F)[C@@H]2CCc3ccccc3C2=NN1c1nc(-c2ccc(Cl)cc2)cs1. The van der Waals surface area contributed by atoms with Crippen molar-refractivity contribution >= 4 is 33.8 Å². The molecule has 0 saturated carbocycles. The molecule has 0 bridgehead atoms.